The van der Waals surface area contributed by atoms with Crippen LogP contribution in [0.2, 0.25) is 0 Å². The van der Waals surface area contributed by atoms with E-state index in [4.69, 9.17) is 10.5 Å². The Morgan fingerprint density at radius 1 is 1.48 bits per heavy atom. The summed E-state index contributed by atoms with van der Waals surface area (Å²) in [5.74, 6) is -0.847. The van der Waals surface area contributed by atoms with E-state index >= 15 is 0 Å². The van der Waals surface area contributed by atoms with Gasteiger partial charge in [0.2, 0.25) is 5.91 Å². The van der Waals surface area contributed by atoms with E-state index in [0.29, 0.717) is 23.6 Å². The van der Waals surface area contributed by atoms with E-state index in [1.54, 1.807) is 13.1 Å². The first-order chi connectivity index (χ1) is 11.9. The van der Waals surface area contributed by atoms with Gasteiger partial charge in [0, 0.05) is 37.9 Å². The Balaban J connectivity index is 2.04. The number of nitrogens with two attached hydrogens (primary N) is 1. The quantitative estimate of drug-likeness (QED) is 0.765. The van der Waals surface area contributed by atoms with Crippen LogP contribution in [0, 0.1) is 0 Å². The van der Waals surface area contributed by atoms with E-state index in [2.05, 4.69) is 29.0 Å². The van der Waals surface area contributed by atoms with Crippen molar-refractivity contribution in [1.82, 2.24) is 15.2 Å². The number of morpholine rings is 1. The molecule has 2 amide bonds. The molecule has 2 heterocycles. The maximum Gasteiger partial charge on any atom is 0.269 e. The van der Waals surface area contributed by atoms with Gasteiger partial charge >= 0.3 is 0 Å². The number of primary amides is 1. The van der Waals surface area contributed by atoms with Crippen LogP contribution in [0.5, 0.6) is 0 Å². The molecule has 1 unspecified atom stereocenters. The van der Waals surface area contributed by atoms with Gasteiger partial charge in [0.25, 0.3) is 5.91 Å². The van der Waals surface area contributed by atoms with Crippen molar-refractivity contribution in [3.63, 3.8) is 0 Å². The number of carbonyl (C=O) groups is 2. The summed E-state index contributed by atoms with van der Waals surface area (Å²) < 4.78 is 5.84. The van der Waals surface area contributed by atoms with Gasteiger partial charge in [-0.05, 0) is 44.7 Å². The Bertz CT molecular complexity index is 618. The van der Waals surface area contributed by atoms with Crippen LogP contribution in [0.3, 0.4) is 0 Å². The average molecular weight is 348 g/mol. The molecule has 7 heteroatoms. The molecule has 1 fully saturated rings. The van der Waals surface area contributed by atoms with Gasteiger partial charge in [-0.1, -0.05) is 0 Å². The summed E-state index contributed by atoms with van der Waals surface area (Å²) in [4.78, 5) is 30.3. The zero-order chi connectivity index (χ0) is 18.4. The first kappa shape index (κ1) is 19.3. The third-order valence-corrected chi connectivity index (χ3v) is 4.62. The summed E-state index contributed by atoms with van der Waals surface area (Å²) in [6.45, 7) is 6.99. The minimum absolute atomic E-state index is 0.174. The fourth-order valence-corrected chi connectivity index (χ4v) is 3.18. The van der Waals surface area contributed by atoms with Crippen LogP contribution in [0.4, 0.5) is 0 Å². The second-order valence-electron chi connectivity index (χ2n) is 6.60. The third-order valence-electron chi connectivity index (χ3n) is 4.62. The number of ether oxygens (including phenoxy) is 1. The summed E-state index contributed by atoms with van der Waals surface area (Å²) in [5.41, 5.74) is 6.71. The lowest BCUT2D eigenvalue weighted by molar-refractivity contribution is -0.0424. The Morgan fingerprint density at radius 3 is 2.88 bits per heavy atom. The van der Waals surface area contributed by atoms with Crippen molar-refractivity contribution in [2.75, 3.05) is 26.7 Å². The highest BCUT2D eigenvalue weighted by atomic mass is 16.5. The molecule has 0 radical (unpaired) electrons. The number of nitrogens with zero attached hydrogens (tertiary/aromatic N) is 2. The first-order valence-corrected chi connectivity index (χ1v) is 8.79. The molecule has 1 aromatic rings. The fraction of sp³-hybridized carbons (Fsp3) is 0.611. The summed E-state index contributed by atoms with van der Waals surface area (Å²) in [7, 11) is 1.54. The minimum Gasteiger partial charge on any atom is -0.376 e. The van der Waals surface area contributed by atoms with Crippen LogP contribution in [-0.4, -0.2) is 60.6 Å². The molecule has 25 heavy (non-hydrogen) atoms. The van der Waals surface area contributed by atoms with Crippen molar-refractivity contribution in [1.29, 1.82) is 0 Å². The maximum atomic E-state index is 12.0. The monoisotopic (exact) mass is 348 g/mol. The molecule has 0 aliphatic carbocycles. The van der Waals surface area contributed by atoms with Gasteiger partial charge in [-0.3, -0.25) is 19.5 Å². The maximum absolute atomic E-state index is 12.0. The van der Waals surface area contributed by atoms with Crippen molar-refractivity contribution in [2.24, 2.45) is 5.73 Å². The van der Waals surface area contributed by atoms with E-state index in [0.717, 1.165) is 32.5 Å². The van der Waals surface area contributed by atoms with Crippen molar-refractivity contribution >= 4 is 11.8 Å². The Morgan fingerprint density at radius 2 is 2.24 bits per heavy atom. The standard InChI is InChI=1S/C18H28N4O3/c1-12(2)22-9-10-25-13(11-22)5-4-6-14-15(17(19)23)7-8-21-16(14)18(24)20-3/h7-8,12-13H,4-6,9-11H2,1-3H3,(H2,19,23)(H,20,24). The minimum atomic E-state index is -0.539. The largest absolute Gasteiger partial charge is 0.376 e. The van der Waals surface area contributed by atoms with Gasteiger partial charge in [0.1, 0.15) is 5.69 Å². The second kappa shape index (κ2) is 8.92. The van der Waals surface area contributed by atoms with E-state index in [9.17, 15) is 9.59 Å². The summed E-state index contributed by atoms with van der Waals surface area (Å²) >= 11 is 0. The predicted molar refractivity (Wildman–Crippen MR) is 95.5 cm³/mol. The highest BCUT2D eigenvalue weighted by Crippen LogP contribution is 2.19. The Hall–Kier alpha value is -1.99. The van der Waals surface area contributed by atoms with Crippen LogP contribution in [0.1, 0.15) is 53.1 Å². The van der Waals surface area contributed by atoms with E-state index in [1.165, 1.54) is 6.20 Å². The van der Waals surface area contributed by atoms with Crippen LogP contribution >= 0.6 is 0 Å². The number of aromatic nitrogens is 1. The summed E-state index contributed by atoms with van der Waals surface area (Å²) in [6, 6.07) is 2.08. The molecule has 1 aliphatic heterocycles. The summed E-state index contributed by atoms with van der Waals surface area (Å²) in [6.07, 6.45) is 3.85. The average Bonchev–Trinajstić information content (AvgIpc) is 2.61. The van der Waals surface area contributed by atoms with Crippen LogP contribution < -0.4 is 11.1 Å². The highest BCUT2D eigenvalue weighted by Gasteiger charge is 2.23. The molecule has 0 saturated carbocycles. The Labute approximate surface area is 148 Å². The van der Waals surface area contributed by atoms with Crippen molar-refractivity contribution < 1.29 is 14.3 Å². The molecule has 1 saturated heterocycles. The third kappa shape index (κ3) is 4.99. The number of nitrogens with one attached hydrogen (secondary N) is 1. The van der Waals surface area contributed by atoms with Crippen LogP contribution in [0.15, 0.2) is 12.3 Å². The number of pyridine rings is 1. The molecule has 138 valence electrons. The summed E-state index contributed by atoms with van der Waals surface area (Å²) in [5, 5.41) is 2.56. The molecule has 1 aromatic heterocycles. The number of carbonyl (C=O) groups excluding carboxylic acids is 2. The molecule has 0 bridgehead atoms. The fourth-order valence-electron chi connectivity index (χ4n) is 3.18. The normalized spacial score (nSPS) is 18.3. The molecule has 7 nitrogen and oxygen atoms in total. The van der Waals surface area contributed by atoms with Crippen molar-refractivity contribution in [3.8, 4) is 0 Å². The Kier molecular flexibility index (Phi) is 6.90. The molecule has 1 atom stereocenters. The topological polar surface area (TPSA) is 97.6 Å². The van der Waals surface area contributed by atoms with Gasteiger partial charge < -0.3 is 15.8 Å². The SMILES string of the molecule is CNC(=O)c1nccc(C(N)=O)c1CCCC1CN(C(C)C)CCO1. The predicted octanol–water partition coefficient (Wildman–Crippen LogP) is 0.972. The zero-order valence-corrected chi connectivity index (χ0v) is 15.2. The molecule has 3 N–H and O–H groups in total. The number of amides is 2. The molecule has 0 aromatic carbocycles. The molecule has 1 aliphatic rings. The van der Waals surface area contributed by atoms with Gasteiger partial charge in [-0.2, -0.15) is 0 Å². The lowest BCUT2D eigenvalue weighted by Crippen LogP contribution is -2.45. The van der Waals surface area contributed by atoms with Gasteiger partial charge in [0.15, 0.2) is 0 Å². The number of rotatable bonds is 7. The van der Waals surface area contributed by atoms with Gasteiger partial charge in [-0.25, -0.2) is 0 Å². The lowest BCUT2D eigenvalue weighted by Gasteiger charge is -2.35. The first-order valence-electron chi connectivity index (χ1n) is 8.79. The smallest absolute Gasteiger partial charge is 0.269 e. The van der Waals surface area contributed by atoms with Crippen molar-refractivity contribution in [3.05, 3.63) is 29.1 Å². The van der Waals surface area contributed by atoms with Crippen LogP contribution in [0.25, 0.3) is 0 Å². The molecule has 0 spiro atoms. The van der Waals surface area contributed by atoms with Gasteiger partial charge in [0.05, 0.1) is 12.7 Å². The van der Waals surface area contributed by atoms with E-state index < -0.39 is 5.91 Å². The van der Waals surface area contributed by atoms with Crippen LogP contribution in [-0.2, 0) is 11.2 Å². The van der Waals surface area contributed by atoms with E-state index in [-0.39, 0.29) is 17.7 Å². The van der Waals surface area contributed by atoms with E-state index in [1.807, 2.05) is 0 Å². The molecular formula is C18H28N4O3. The highest BCUT2D eigenvalue weighted by molar-refractivity contribution is 6.00. The number of hydrogen-bond acceptors (Lipinski definition) is 5. The molecular weight excluding hydrogens is 320 g/mol. The second-order valence-corrected chi connectivity index (χ2v) is 6.60. The van der Waals surface area contributed by atoms with Crippen molar-refractivity contribution in [2.45, 2.75) is 45.3 Å². The lowest BCUT2D eigenvalue weighted by atomic mass is 9.98. The molecule has 2 rings (SSSR count). The van der Waals surface area contributed by atoms with Gasteiger partial charge in [-0.15, -0.1) is 0 Å². The zero-order valence-electron chi connectivity index (χ0n) is 15.2. The number of hydrogen-bond donors (Lipinski definition) is 2.